The highest BCUT2D eigenvalue weighted by atomic mass is 16.5. The fraction of sp³-hybridized carbons (Fsp3) is 0.326. The van der Waals surface area contributed by atoms with Crippen LogP contribution in [0, 0.1) is 12.8 Å². The van der Waals surface area contributed by atoms with Gasteiger partial charge in [0.1, 0.15) is 5.75 Å². The van der Waals surface area contributed by atoms with E-state index in [2.05, 4.69) is 111 Å². The van der Waals surface area contributed by atoms with Gasteiger partial charge >= 0.3 is 5.97 Å². The van der Waals surface area contributed by atoms with E-state index in [0.29, 0.717) is 12.2 Å². The van der Waals surface area contributed by atoms with Crippen molar-refractivity contribution in [2.75, 3.05) is 0 Å². The molecule has 0 bridgehead atoms. The zero-order chi connectivity index (χ0) is 33.1. The first-order valence-corrected chi connectivity index (χ1v) is 18.2. The minimum Gasteiger partial charge on any atom is -0.427 e. The lowest BCUT2D eigenvalue weighted by molar-refractivity contribution is -0.134. The first-order valence-electron chi connectivity index (χ1n) is 18.2. The Hall–Kier alpha value is -4.43. The number of carbonyl (C=O) groups excluding carboxylic acids is 1. The fourth-order valence-corrected chi connectivity index (χ4v) is 7.28. The molecule has 1 aliphatic rings. The molecule has 0 N–H and O–H groups in total. The summed E-state index contributed by atoms with van der Waals surface area (Å²) in [6, 6.07) is 43.5. The number of unbranched alkanes of at least 4 members (excludes halogenated alkanes) is 2. The molecule has 1 fully saturated rings. The van der Waals surface area contributed by atoms with E-state index in [0.717, 1.165) is 48.6 Å². The van der Waals surface area contributed by atoms with Gasteiger partial charge < -0.3 is 4.74 Å². The van der Waals surface area contributed by atoms with Crippen molar-refractivity contribution in [3.63, 3.8) is 0 Å². The Morgan fingerprint density at radius 3 is 1.60 bits per heavy atom. The molecule has 2 nitrogen and oxygen atoms in total. The lowest BCUT2D eigenvalue weighted by Gasteiger charge is -2.28. The highest BCUT2D eigenvalue weighted by Gasteiger charge is 2.21. The molecule has 5 aromatic carbocycles. The Morgan fingerprint density at radius 2 is 1.06 bits per heavy atom. The maximum atomic E-state index is 12.4. The van der Waals surface area contributed by atoms with Crippen molar-refractivity contribution in [3.8, 4) is 39.1 Å². The van der Waals surface area contributed by atoms with Crippen molar-refractivity contribution in [2.45, 2.75) is 90.4 Å². The van der Waals surface area contributed by atoms with Gasteiger partial charge in [-0.25, -0.2) is 0 Å². The Morgan fingerprint density at radius 1 is 0.583 bits per heavy atom. The number of aryl methyl sites for hydroxylation is 2. The molecule has 0 heterocycles. The van der Waals surface area contributed by atoms with E-state index in [4.69, 9.17) is 4.74 Å². The third-order valence-corrected chi connectivity index (χ3v) is 10.2. The number of rotatable bonds is 13. The highest BCUT2D eigenvalue weighted by Crippen LogP contribution is 2.38. The van der Waals surface area contributed by atoms with Crippen LogP contribution in [0.2, 0.25) is 0 Å². The number of carbonyl (C=O) groups is 1. The number of hydrogen-bond acceptors (Lipinski definition) is 2. The summed E-state index contributed by atoms with van der Waals surface area (Å²) in [5, 5.41) is 0. The van der Waals surface area contributed by atoms with Gasteiger partial charge in [-0.2, -0.15) is 0 Å². The zero-order valence-electron chi connectivity index (χ0n) is 28.8. The quantitative estimate of drug-likeness (QED) is 0.0732. The van der Waals surface area contributed by atoms with Gasteiger partial charge in [-0.15, -0.1) is 0 Å². The van der Waals surface area contributed by atoms with Crippen molar-refractivity contribution < 1.29 is 9.53 Å². The van der Waals surface area contributed by atoms with Crippen LogP contribution < -0.4 is 4.74 Å². The van der Waals surface area contributed by atoms with Crippen molar-refractivity contribution in [1.29, 1.82) is 0 Å². The van der Waals surface area contributed by atoms with Crippen LogP contribution in [0.3, 0.4) is 0 Å². The van der Waals surface area contributed by atoms with Gasteiger partial charge in [0, 0.05) is 6.42 Å². The van der Waals surface area contributed by atoms with Gasteiger partial charge in [0.15, 0.2) is 0 Å². The van der Waals surface area contributed by atoms with E-state index in [9.17, 15) is 4.79 Å². The van der Waals surface area contributed by atoms with Crippen LogP contribution in [0.25, 0.3) is 33.4 Å². The van der Waals surface area contributed by atoms with Crippen LogP contribution in [0.15, 0.2) is 121 Å². The lowest BCUT2D eigenvalue weighted by Crippen LogP contribution is -2.13. The lowest BCUT2D eigenvalue weighted by atomic mass is 9.77. The molecule has 0 aromatic heterocycles. The van der Waals surface area contributed by atoms with Crippen LogP contribution in [-0.2, 0) is 11.2 Å². The minimum absolute atomic E-state index is 0.162. The van der Waals surface area contributed by atoms with Crippen molar-refractivity contribution in [1.82, 2.24) is 0 Å². The molecule has 2 heteroatoms. The predicted molar refractivity (Wildman–Crippen MR) is 201 cm³/mol. The van der Waals surface area contributed by atoms with Crippen molar-refractivity contribution in [2.24, 2.45) is 5.92 Å². The molecule has 48 heavy (non-hydrogen) atoms. The van der Waals surface area contributed by atoms with Crippen LogP contribution in [0.4, 0.5) is 0 Å². The minimum atomic E-state index is -0.162. The van der Waals surface area contributed by atoms with E-state index in [1.807, 2.05) is 24.3 Å². The summed E-state index contributed by atoms with van der Waals surface area (Å²) in [6.45, 7) is 4.40. The predicted octanol–water partition coefficient (Wildman–Crippen LogP) is 12.8. The number of benzene rings is 5. The first-order chi connectivity index (χ1) is 23.5. The maximum absolute atomic E-state index is 12.4. The molecule has 0 atom stereocenters. The summed E-state index contributed by atoms with van der Waals surface area (Å²) in [4.78, 5) is 12.4. The summed E-state index contributed by atoms with van der Waals surface area (Å²) in [7, 11) is 0. The average Bonchev–Trinajstić information content (AvgIpc) is 3.13. The molecule has 0 amide bonds. The van der Waals surface area contributed by atoms with Crippen LogP contribution >= 0.6 is 0 Å². The largest absolute Gasteiger partial charge is 0.427 e. The summed E-state index contributed by atoms with van der Waals surface area (Å²) in [5.74, 6) is 2.14. The third kappa shape index (κ3) is 9.13. The maximum Gasteiger partial charge on any atom is 0.311 e. The monoisotopic (exact) mass is 634 g/mol. The van der Waals surface area contributed by atoms with Gasteiger partial charge in [-0.05, 0) is 120 Å². The molecule has 0 saturated heterocycles. The summed E-state index contributed by atoms with van der Waals surface area (Å²) in [5.41, 5.74) is 11.4. The second-order valence-corrected chi connectivity index (χ2v) is 13.8. The van der Waals surface area contributed by atoms with Crippen LogP contribution in [0.5, 0.6) is 5.75 Å². The Bertz CT molecular complexity index is 1710. The summed E-state index contributed by atoms with van der Waals surface area (Å²) >= 11 is 0. The van der Waals surface area contributed by atoms with E-state index < -0.39 is 0 Å². The van der Waals surface area contributed by atoms with Gasteiger partial charge in [-0.1, -0.05) is 141 Å². The molecule has 0 spiro atoms. The highest BCUT2D eigenvalue weighted by molar-refractivity contribution is 5.73. The molecule has 5 aromatic rings. The van der Waals surface area contributed by atoms with E-state index in [-0.39, 0.29) is 5.97 Å². The molecule has 6 rings (SSSR count). The molecule has 1 saturated carbocycles. The second-order valence-electron chi connectivity index (χ2n) is 13.8. The molecule has 0 aliphatic heterocycles. The van der Waals surface area contributed by atoms with Gasteiger partial charge in [-0.3, -0.25) is 4.79 Å². The summed E-state index contributed by atoms with van der Waals surface area (Å²) in [6.07, 6.45) is 12.6. The Labute approximate surface area is 288 Å². The first kappa shape index (κ1) is 33.5. The van der Waals surface area contributed by atoms with Crippen LogP contribution in [-0.4, -0.2) is 5.97 Å². The fourth-order valence-electron chi connectivity index (χ4n) is 7.28. The Kier molecular flexibility index (Phi) is 11.6. The van der Waals surface area contributed by atoms with E-state index in [1.54, 1.807) is 0 Å². The third-order valence-electron chi connectivity index (χ3n) is 10.2. The van der Waals surface area contributed by atoms with E-state index in [1.165, 1.54) is 77.5 Å². The van der Waals surface area contributed by atoms with Crippen LogP contribution in [0.1, 0.15) is 93.7 Å². The van der Waals surface area contributed by atoms with Crippen molar-refractivity contribution in [3.05, 3.63) is 138 Å². The number of ether oxygens (including phenoxy) is 1. The number of hydrogen-bond donors (Lipinski definition) is 0. The smallest absolute Gasteiger partial charge is 0.311 e. The van der Waals surface area contributed by atoms with Gasteiger partial charge in [0.05, 0.1) is 0 Å². The standard InChI is InChI=1S/C46H50O2/c1-3-7-35-12-18-38(19-13-35)40-22-26-42(27-23-40)43-28-24-41(25-29-43)39-20-14-36(15-21-39)8-5-4-6-9-46(47)48-45-32-30-44(31-33-45)37-16-10-34(2)11-17-37/h10-11,14-17,20-33,35,38H,3-9,12-13,18-19H2,1-2H3. The molecule has 0 radical (unpaired) electrons. The SMILES string of the molecule is CCCC1CCC(c2ccc(-c3ccc(-c4ccc(CCCCCC(=O)Oc5ccc(-c6ccc(C)cc6)cc5)cc4)cc3)cc2)CC1. The van der Waals surface area contributed by atoms with Gasteiger partial charge in [0.25, 0.3) is 0 Å². The normalized spacial score (nSPS) is 16.0. The zero-order valence-corrected chi connectivity index (χ0v) is 28.8. The summed E-state index contributed by atoms with van der Waals surface area (Å²) < 4.78 is 5.57. The van der Waals surface area contributed by atoms with Crippen molar-refractivity contribution >= 4 is 5.97 Å². The Balaban J connectivity index is 0.906. The number of esters is 1. The molecule has 1 aliphatic carbocycles. The second kappa shape index (κ2) is 16.6. The average molecular weight is 635 g/mol. The van der Waals surface area contributed by atoms with Gasteiger partial charge in [0.2, 0.25) is 0 Å². The van der Waals surface area contributed by atoms with E-state index >= 15 is 0 Å². The molecular weight excluding hydrogens is 585 g/mol. The topological polar surface area (TPSA) is 26.3 Å². The molecular formula is C46H50O2. The molecule has 246 valence electrons. The molecule has 0 unspecified atom stereocenters.